The van der Waals surface area contributed by atoms with Gasteiger partial charge in [-0.25, -0.2) is 13.1 Å². The Bertz CT molecular complexity index is 859. The Balaban J connectivity index is 1.68. The first kappa shape index (κ1) is 19.3. The summed E-state index contributed by atoms with van der Waals surface area (Å²) in [6.07, 6.45) is 2.68. The topological polar surface area (TPSA) is 69.6 Å². The zero-order valence-corrected chi connectivity index (χ0v) is 16.3. The van der Waals surface area contributed by atoms with E-state index in [-0.39, 0.29) is 17.0 Å². The Kier molecular flexibility index (Phi) is 5.67. The van der Waals surface area contributed by atoms with Crippen molar-refractivity contribution >= 4 is 20.8 Å². The Morgan fingerprint density at radius 3 is 2.65 bits per heavy atom. The Morgan fingerprint density at radius 1 is 1.15 bits per heavy atom. The summed E-state index contributed by atoms with van der Waals surface area (Å²) in [5.74, 6) is 0. The number of benzene rings is 2. The lowest BCUT2D eigenvalue weighted by molar-refractivity contribution is 0.0277. The van der Waals surface area contributed by atoms with Crippen molar-refractivity contribution in [2.45, 2.75) is 49.6 Å². The summed E-state index contributed by atoms with van der Waals surface area (Å²) in [5.41, 5.74) is 0.0493. The van der Waals surface area contributed by atoms with Crippen molar-refractivity contribution in [3.8, 4) is 0 Å². The first-order valence-corrected chi connectivity index (χ1v) is 10.7. The number of nitrogens with one attached hydrogen (secondary N) is 1. The first-order valence-electron chi connectivity index (χ1n) is 9.20. The van der Waals surface area contributed by atoms with E-state index < -0.39 is 16.1 Å². The van der Waals surface area contributed by atoms with Gasteiger partial charge in [-0.05, 0) is 44.7 Å². The van der Waals surface area contributed by atoms with Crippen molar-refractivity contribution in [3.63, 3.8) is 0 Å². The van der Waals surface area contributed by atoms with Gasteiger partial charge in [0.15, 0.2) is 0 Å². The minimum Gasteiger partial charge on any atom is -0.390 e. The lowest BCUT2D eigenvalue weighted by Gasteiger charge is -2.43. The summed E-state index contributed by atoms with van der Waals surface area (Å²) >= 11 is 0. The normalized spacial score (nSPS) is 19.5. The Hall–Kier alpha value is -1.47. The number of β-amino-alcohol motifs (C(OH)–C–C–N with tert-alkyl or cyclic N) is 1. The molecule has 2 N–H and O–H groups in total. The van der Waals surface area contributed by atoms with Crippen LogP contribution in [0.15, 0.2) is 47.4 Å². The van der Waals surface area contributed by atoms with Crippen molar-refractivity contribution in [1.29, 1.82) is 0 Å². The molecule has 2 aromatic rings. The number of sulfonamides is 1. The highest BCUT2D eigenvalue weighted by Gasteiger charge is 2.31. The van der Waals surface area contributed by atoms with Gasteiger partial charge in [-0.2, -0.15) is 0 Å². The highest BCUT2D eigenvalue weighted by molar-refractivity contribution is 7.89. The van der Waals surface area contributed by atoms with Gasteiger partial charge in [0.05, 0.1) is 11.0 Å². The van der Waals surface area contributed by atoms with Gasteiger partial charge in [0.2, 0.25) is 10.0 Å². The lowest BCUT2D eigenvalue weighted by Crippen LogP contribution is -2.51. The smallest absolute Gasteiger partial charge is 0.241 e. The number of fused-ring (bicyclic) bond motifs is 1. The third kappa shape index (κ3) is 4.26. The van der Waals surface area contributed by atoms with Gasteiger partial charge < -0.3 is 5.11 Å². The molecule has 26 heavy (non-hydrogen) atoms. The van der Waals surface area contributed by atoms with Gasteiger partial charge in [0, 0.05) is 24.0 Å². The van der Waals surface area contributed by atoms with E-state index in [1.54, 1.807) is 18.2 Å². The molecule has 0 aromatic heterocycles. The number of piperidine rings is 1. The molecule has 1 aliphatic heterocycles. The zero-order valence-electron chi connectivity index (χ0n) is 15.5. The van der Waals surface area contributed by atoms with Gasteiger partial charge in [-0.3, -0.25) is 4.90 Å². The largest absolute Gasteiger partial charge is 0.390 e. The van der Waals surface area contributed by atoms with Crippen molar-refractivity contribution in [2.75, 3.05) is 19.6 Å². The van der Waals surface area contributed by atoms with Crippen molar-refractivity contribution in [2.24, 2.45) is 0 Å². The molecule has 2 aromatic carbocycles. The molecule has 1 fully saturated rings. The molecule has 0 amide bonds. The van der Waals surface area contributed by atoms with Gasteiger partial charge in [-0.15, -0.1) is 0 Å². The van der Waals surface area contributed by atoms with Crippen LogP contribution in [0.3, 0.4) is 0 Å². The highest BCUT2D eigenvalue weighted by atomic mass is 32.2. The lowest BCUT2D eigenvalue weighted by atomic mass is 9.90. The molecule has 1 atom stereocenters. The predicted octanol–water partition coefficient (Wildman–Crippen LogP) is 2.74. The number of likely N-dealkylation sites (tertiary alicyclic amines) is 1. The van der Waals surface area contributed by atoms with Crippen molar-refractivity contribution in [1.82, 2.24) is 9.62 Å². The van der Waals surface area contributed by atoms with Crippen LogP contribution in [-0.4, -0.2) is 49.7 Å². The van der Waals surface area contributed by atoms with Crippen molar-refractivity contribution in [3.05, 3.63) is 42.5 Å². The molecule has 0 bridgehead atoms. The van der Waals surface area contributed by atoms with Crippen LogP contribution in [0.1, 0.15) is 33.1 Å². The standard InChI is InChI=1S/C20H28N2O3S/c1-20(2)12-5-6-13-22(20)15-17(23)14-21-26(24,25)19-11-7-9-16-8-3-4-10-18(16)19/h3-4,7-11,17,21,23H,5-6,12-15H2,1-2H3/t17-/m0/s1. The van der Waals surface area contributed by atoms with E-state index in [4.69, 9.17) is 0 Å². The quantitative estimate of drug-likeness (QED) is 0.813. The van der Waals surface area contributed by atoms with Gasteiger partial charge in [-0.1, -0.05) is 42.8 Å². The number of nitrogens with zero attached hydrogens (tertiary/aromatic N) is 1. The van der Waals surface area contributed by atoms with Crippen LogP contribution in [0.4, 0.5) is 0 Å². The van der Waals surface area contributed by atoms with Gasteiger partial charge >= 0.3 is 0 Å². The molecule has 5 nitrogen and oxygen atoms in total. The molecule has 0 spiro atoms. The molecule has 0 aliphatic carbocycles. The third-order valence-corrected chi connectivity index (χ3v) is 6.78. The van der Waals surface area contributed by atoms with Gasteiger partial charge in [0.25, 0.3) is 0 Å². The van der Waals surface area contributed by atoms with Gasteiger partial charge in [0.1, 0.15) is 0 Å². The fourth-order valence-electron chi connectivity index (χ4n) is 3.69. The van der Waals surface area contributed by atoms with Crippen LogP contribution >= 0.6 is 0 Å². The fraction of sp³-hybridized carbons (Fsp3) is 0.500. The second kappa shape index (κ2) is 7.64. The van der Waals surface area contributed by atoms with E-state index in [0.717, 1.165) is 24.8 Å². The molecule has 6 heteroatoms. The Morgan fingerprint density at radius 2 is 1.88 bits per heavy atom. The van der Waals surface area contributed by atoms with Crippen LogP contribution in [0, 0.1) is 0 Å². The number of hydrogen-bond donors (Lipinski definition) is 2. The summed E-state index contributed by atoms with van der Waals surface area (Å²) in [7, 11) is -3.68. The number of hydrogen-bond acceptors (Lipinski definition) is 4. The van der Waals surface area contributed by atoms with Crippen LogP contribution in [-0.2, 0) is 10.0 Å². The number of rotatable bonds is 6. The highest BCUT2D eigenvalue weighted by Crippen LogP contribution is 2.27. The maximum absolute atomic E-state index is 12.7. The van der Waals surface area contributed by atoms with Crippen LogP contribution in [0.25, 0.3) is 10.8 Å². The number of aliphatic hydroxyl groups is 1. The molecule has 0 saturated carbocycles. The van der Waals surface area contributed by atoms with E-state index in [9.17, 15) is 13.5 Å². The molecule has 1 heterocycles. The average Bonchev–Trinajstić information content (AvgIpc) is 2.61. The summed E-state index contributed by atoms with van der Waals surface area (Å²) in [4.78, 5) is 2.51. The van der Waals surface area contributed by atoms with E-state index in [1.807, 2.05) is 24.3 Å². The van der Waals surface area contributed by atoms with E-state index in [0.29, 0.717) is 11.9 Å². The molecule has 0 radical (unpaired) electrons. The maximum atomic E-state index is 12.7. The van der Waals surface area contributed by atoms with Crippen LogP contribution in [0.5, 0.6) is 0 Å². The van der Waals surface area contributed by atoms with Crippen LogP contribution < -0.4 is 4.72 Å². The number of aliphatic hydroxyl groups excluding tert-OH is 1. The Labute approximate surface area is 156 Å². The molecule has 0 unspecified atom stereocenters. The van der Waals surface area contributed by atoms with Crippen molar-refractivity contribution < 1.29 is 13.5 Å². The molecular weight excluding hydrogens is 348 g/mol. The van der Waals surface area contributed by atoms with E-state index in [1.165, 1.54) is 6.42 Å². The van der Waals surface area contributed by atoms with Crippen LogP contribution in [0.2, 0.25) is 0 Å². The summed E-state index contributed by atoms with van der Waals surface area (Å²) in [6.45, 7) is 5.79. The molecule has 1 saturated heterocycles. The average molecular weight is 377 g/mol. The monoisotopic (exact) mass is 376 g/mol. The summed E-state index contributed by atoms with van der Waals surface area (Å²) in [6, 6.07) is 12.6. The summed E-state index contributed by atoms with van der Waals surface area (Å²) < 4.78 is 28.0. The first-order chi connectivity index (χ1) is 12.3. The zero-order chi connectivity index (χ0) is 18.8. The third-order valence-electron chi connectivity index (χ3n) is 5.30. The predicted molar refractivity (Wildman–Crippen MR) is 105 cm³/mol. The second-order valence-corrected chi connectivity index (χ2v) is 9.43. The minimum absolute atomic E-state index is 0.0120. The molecule has 3 rings (SSSR count). The fourth-order valence-corrected chi connectivity index (χ4v) is 4.99. The SMILES string of the molecule is CC1(C)CCCCN1C[C@@H](O)CNS(=O)(=O)c1cccc2ccccc12. The molecule has 1 aliphatic rings. The minimum atomic E-state index is -3.68. The van der Waals surface area contributed by atoms with E-state index in [2.05, 4.69) is 23.5 Å². The molecular formula is C20H28N2O3S. The maximum Gasteiger partial charge on any atom is 0.241 e. The van der Waals surface area contributed by atoms with E-state index >= 15 is 0 Å². The molecule has 142 valence electrons. The summed E-state index contributed by atoms with van der Waals surface area (Å²) in [5, 5.41) is 12.0. The second-order valence-electron chi connectivity index (χ2n) is 7.70.